The van der Waals surface area contributed by atoms with Crippen molar-refractivity contribution >= 4 is 17.5 Å². The SMILES string of the molecule is CN1CCC=C(c2cnon2)C1.O=C([O-])C(=O)[O-].[Na+].[Na+]. The van der Waals surface area contributed by atoms with Gasteiger partial charge < -0.3 is 24.7 Å². The Labute approximate surface area is 159 Å². The first-order valence-corrected chi connectivity index (χ1v) is 5.08. The summed E-state index contributed by atoms with van der Waals surface area (Å²) in [6.07, 6.45) is 4.93. The number of hydrogen-bond acceptors (Lipinski definition) is 8. The normalized spacial score (nSPS) is 13.8. The summed E-state index contributed by atoms with van der Waals surface area (Å²) in [5.74, 6) is -4.37. The van der Waals surface area contributed by atoms with E-state index in [0.717, 1.165) is 25.2 Å². The molecular formula is C10H11N3Na2O5. The second-order valence-corrected chi connectivity index (χ2v) is 3.62. The molecule has 0 fully saturated rings. The van der Waals surface area contributed by atoms with E-state index in [2.05, 4.69) is 33.0 Å². The molecule has 0 N–H and O–H groups in total. The van der Waals surface area contributed by atoms with Crippen molar-refractivity contribution in [3.8, 4) is 0 Å². The maximum absolute atomic E-state index is 8.93. The minimum absolute atomic E-state index is 0. The summed E-state index contributed by atoms with van der Waals surface area (Å²) in [5.41, 5.74) is 2.08. The quantitative estimate of drug-likeness (QED) is 0.370. The van der Waals surface area contributed by atoms with Gasteiger partial charge in [-0.15, -0.1) is 0 Å². The Balaban J connectivity index is 0. The van der Waals surface area contributed by atoms with Crippen LogP contribution in [-0.2, 0) is 9.59 Å². The number of carboxylic acids is 2. The van der Waals surface area contributed by atoms with Gasteiger partial charge in [-0.1, -0.05) is 16.4 Å². The Morgan fingerprint density at radius 1 is 1.30 bits per heavy atom. The molecule has 0 spiro atoms. The fourth-order valence-electron chi connectivity index (χ4n) is 1.39. The second-order valence-electron chi connectivity index (χ2n) is 3.62. The van der Waals surface area contributed by atoms with E-state index in [9.17, 15) is 0 Å². The van der Waals surface area contributed by atoms with E-state index in [1.54, 1.807) is 6.20 Å². The smallest absolute Gasteiger partial charge is 0.543 e. The Morgan fingerprint density at radius 2 is 1.90 bits per heavy atom. The van der Waals surface area contributed by atoms with E-state index >= 15 is 0 Å². The topological polar surface area (TPSA) is 122 Å². The van der Waals surface area contributed by atoms with Gasteiger partial charge in [0.05, 0.1) is 18.1 Å². The van der Waals surface area contributed by atoms with Crippen molar-refractivity contribution < 1.29 is 83.5 Å². The van der Waals surface area contributed by atoms with E-state index in [1.807, 2.05) is 0 Å². The molecule has 98 valence electrons. The van der Waals surface area contributed by atoms with Gasteiger partial charge in [0.15, 0.2) is 0 Å². The van der Waals surface area contributed by atoms with Gasteiger partial charge in [-0.05, 0) is 19.0 Å². The molecule has 1 aliphatic heterocycles. The van der Waals surface area contributed by atoms with Crippen LogP contribution in [0.25, 0.3) is 5.57 Å². The molecule has 0 saturated carbocycles. The van der Waals surface area contributed by atoms with E-state index < -0.39 is 11.9 Å². The molecule has 2 rings (SSSR count). The first kappa shape index (κ1) is 22.1. The standard InChI is InChI=1S/C8H11N3O.C2H2O4.2Na/c1-11-4-2-3-7(6-11)8-5-9-12-10-8;3-1(4)2(5)6;;/h3,5H,2,4,6H2,1H3;(H,3,4)(H,5,6);;/q;;2*+1/p-2. The monoisotopic (exact) mass is 299 g/mol. The summed E-state index contributed by atoms with van der Waals surface area (Å²) in [4.78, 5) is 20.1. The maximum Gasteiger partial charge on any atom is 1.00 e. The van der Waals surface area contributed by atoms with Crippen LogP contribution in [-0.4, -0.2) is 47.3 Å². The third kappa shape index (κ3) is 8.15. The number of hydrogen-bond donors (Lipinski definition) is 0. The van der Waals surface area contributed by atoms with E-state index in [0.29, 0.717) is 0 Å². The zero-order valence-electron chi connectivity index (χ0n) is 11.7. The van der Waals surface area contributed by atoms with Gasteiger partial charge >= 0.3 is 59.1 Å². The summed E-state index contributed by atoms with van der Waals surface area (Å²) in [6.45, 7) is 2.06. The van der Waals surface area contributed by atoms with Gasteiger partial charge in [0.2, 0.25) is 0 Å². The molecule has 0 radical (unpaired) electrons. The summed E-state index contributed by atoms with van der Waals surface area (Å²) < 4.78 is 4.54. The number of nitrogens with zero attached hydrogens (tertiary/aromatic N) is 3. The van der Waals surface area contributed by atoms with Crippen LogP contribution in [0.3, 0.4) is 0 Å². The van der Waals surface area contributed by atoms with Crippen molar-refractivity contribution in [2.75, 3.05) is 20.1 Å². The Morgan fingerprint density at radius 3 is 2.30 bits per heavy atom. The zero-order chi connectivity index (χ0) is 13.5. The van der Waals surface area contributed by atoms with Gasteiger partial charge in [0.25, 0.3) is 0 Å². The van der Waals surface area contributed by atoms with Crippen LogP contribution < -0.4 is 69.3 Å². The minimum Gasteiger partial charge on any atom is -0.543 e. The zero-order valence-corrected chi connectivity index (χ0v) is 15.7. The van der Waals surface area contributed by atoms with Crippen molar-refractivity contribution in [3.63, 3.8) is 0 Å². The van der Waals surface area contributed by atoms with Gasteiger partial charge in [-0.3, -0.25) is 0 Å². The van der Waals surface area contributed by atoms with Crippen LogP contribution in [0.5, 0.6) is 0 Å². The number of rotatable bonds is 1. The molecule has 0 bridgehead atoms. The molecule has 0 saturated heterocycles. The molecule has 0 amide bonds. The number of carbonyl (C=O) groups excluding carboxylic acids is 2. The van der Waals surface area contributed by atoms with Crippen LogP contribution in [0.15, 0.2) is 16.9 Å². The van der Waals surface area contributed by atoms with Crippen molar-refractivity contribution in [3.05, 3.63) is 18.0 Å². The molecule has 20 heavy (non-hydrogen) atoms. The molecule has 1 aromatic heterocycles. The molecule has 1 aliphatic rings. The fourth-order valence-corrected chi connectivity index (χ4v) is 1.39. The summed E-state index contributed by atoms with van der Waals surface area (Å²) in [6, 6.07) is 0. The van der Waals surface area contributed by atoms with Gasteiger partial charge in [-0.25, -0.2) is 4.63 Å². The first-order valence-electron chi connectivity index (χ1n) is 5.08. The number of likely N-dealkylation sites (N-methyl/N-ethyl adjacent to an activating group) is 1. The fraction of sp³-hybridized carbons (Fsp3) is 0.400. The predicted octanol–water partition coefficient (Wildman–Crippen LogP) is -8.72. The average Bonchev–Trinajstić information content (AvgIpc) is 2.83. The van der Waals surface area contributed by atoms with Crippen LogP contribution in [0.2, 0.25) is 0 Å². The van der Waals surface area contributed by atoms with Gasteiger partial charge in [0, 0.05) is 13.1 Å². The second kappa shape index (κ2) is 11.4. The number of aliphatic carboxylic acids is 2. The number of carboxylic acid groups (broad SMARTS) is 2. The molecule has 0 atom stereocenters. The van der Waals surface area contributed by atoms with Crippen LogP contribution in [0, 0.1) is 0 Å². The Bertz CT molecular complexity index is 438. The van der Waals surface area contributed by atoms with Crippen LogP contribution >= 0.6 is 0 Å². The van der Waals surface area contributed by atoms with E-state index in [4.69, 9.17) is 19.8 Å². The summed E-state index contributed by atoms with van der Waals surface area (Å²) >= 11 is 0. The average molecular weight is 299 g/mol. The third-order valence-corrected chi connectivity index (χ3v) is 2.20. The summed E-state index contributed by atoms with van der Waals surface area (Å²) in [5, 5.41) is 25.2. The van der Waals surface area contributed by atoms with Gasteiger partial charge in [-0.2, -0.15) is 0 Å². The van der Waals surface area contributed by atoms with Gasteiger partial charge in [0.1, 0.15) is 5.69 Å². The third-order valence-electron chi connectivity index (χ3n) is 2.20. The van der Waals surface area contributed by atoms with Crippen molar-refractivity contribution in [2.45, 2.75) is 6.42 Å². The maximum atomic E-state index is 8.93. The first-order chi connectivity index (χ1) is 8.50. The van der Waals surface area contributed by atoms with Crippen molar-refractivity contribution in [2.24, 2.45) is 0 Å². The Kier molecular flexibility index (Phi) is 12.6. The summed E-state index contributed by atoms with van der Waals surface area (Å²) in [7, 11) is 2.10. The molecule has 0 unspecified atom stereocenters. The molecule has 2 heterocycles. The van der Waals surface area contributed by atoms with Crippen molar-refractivity contribution in [1.29, 1.82) is 0 Å². The van der Waals surface area contributed by atoms with Crippen LogP contribution in [0.1, 0.15) is 12.1 Å². The molecule has 0 aliphatic carbocycles. The Hall–Kier alpha value is -0.220. The number of carbonyl (C=O) groups is 2. The largest absolute Gasteiger partial charge is 1.00 e. The molecule has 8 nitrogen and oxygen atoms in total. The molecule has 10 heteroatoms. The minimum atomic E-state index is -2.19. The number of aromatic nitrogens is 2. The van der Waals surface area contributed by atoms with Crippen LogP contribution in [0.4, 0.5) is 0 Å². The molecule has 0 aromatic carbocycles. The van der Waals surface area contributed by atoms with E-state index in [1.165, 1.54) is 5.57 Å². The predicted molar refractivity (Wildman–Crippen MR) is 54.4 cm³/mol. The molecular weight excluding hydrogens is 288 g/mol. The molecule has 1 aromatic rings. The van der Waals surface area contributed by atoms with E-state index in [-0.39, 0.29) is 59.1 Å². The van der Waals surface area contributed by atoms with Crippen molar-refractivity contribution in [1.82, 2.24) is 15.2 Å².